The summed E-state index contributed by atoms with van der Waals surface area (Å²) in [6.45, 7) is 6.41. The number of amides is 1. The maximum atomic E-state index is 12.5. The maximum absolute atomic E-state index is 12.5. The second-order valence-corrected chi connectivity index (χ2v) is 7.69. The van der Waals surface area contributed by atoms with Crippen LogP contribution in [-0.4, -0.2) is 33.0 Å². The number of nitrogens with zero attached hydrogens (tertiary/aromatic N) is 3. The molecule has 3 rings (SSSR count). The smallest absolute Gasteiger partial charge is 0.237 e. The average Bonchev–Trinajstić information content (AvgIpc) is 3.14. The molecular formula is C22H24N4O3S. The van der Waals surface area contributed by atoms with E-state index in [1.54, 1.807) is 13.2 Å². The zero-order chi connectivity index (χ0) is 21.3. The molecule has 0 aliphatic heterocycles. The minimum atomic E-state index is -0.353. The van der Waals surface area contributed by atoms with Gasteiger partial charge < -0.3 is 14.8 Å². The standard InChI is InChI=1S/C22H24N4O3S/c1-4-14-26-20(15-29-19-12-10-18(28-3)11-13-19)24-25-22(26)30-16(2)21(27)23-17-8-6-5-7-9-17/h4-13,16H,1,14-15H2,2-3H3,(H,23,27)/t16-/m1/s1. The number of hydrogen-bond donors (Lipinski definition) is 1. The van der Waals surface area contributed by atoms with E-state index in [4.69, 9.17) is 9.47 Å². The third kappa shape index (κ3) is 5.64. The largest absolute Gasteiger partial charge is 0.497 e. The summed E-state index contributed by atoms with van der Waals surface area (Å²) >= 11 is 1.34. The van der Waals surface area contributed by atoms with Crippen molar-refractivity contribution in [2.75, 3.05) is 12.4 Å². The third-order valence-electron chi connectivity index (χ3n) is 4.23. The van der Waals surface area contributed by atoms with Crippen LogP contribution >= 0.6 is 11.8 Å². The fraction of sp³-hybridized carbons (Fsp3) is 0.227. The van der Waals surface area contributed by atoms with Gasteiger partial charge in [0.1, 0.15) is 18.1 Å². The highest BCUT2D eigenvalue weighted by Crippen LogP contribution is 2.24. The van der Waals surface area contributed by atoms with Gasteiger partial charge in [-0.1, -0.05) is 36.0 Å². The number of aromatic nitrogens is 3. The molecule has 0 unspecified atom stereocenters. The highest BCUT2D eigenvalue weighted by atomic mass is 32.2. The number of thioether (sulfide) groups is 1. The van der Waals surface area contributed by atoms with E-state index in [2.05, 4.69) is 22.1 Å². The molecule has 30 heavy (non-hydrogen) atoms. The lowest BCUT2D eigenvalue weighted by atomic mass is 10.3. The van der Waals surface area contributed by atoms with Gasteiger partial charge in [-0.25, -0.2) is 0 Å². The molecule has 1 N–H and O–H groups in total. The normalized spacial score (nSPS) is 11.5. The van der Waals surface area contributed by atoms with Gasteiger partial charge in [-0.2, -0.15) is 0 Å². The van der Waals surface area contributed by atoms with E-state index in [0.717, 1.165) is 11.4 Å². The van der Waals surface area contributed by atoms with Gasteiger partial charge in [0, 0.05) is 12.2 Å². The van der Waals surface area contributed by atoms with Crippen LogP contribution in [0.5, 0.6) is 11.5 Å². The molecule has 0 fully saturated rings. The number of methoxy groups -OCH3 is 1. The van der Waals surface area contributed by atoms with Crippen molar-refractivity contribution in [3.05, 3.63) is 73.1 Å². The Balaban J connectivity index is 1.65. The van der Waals surface area contributed by atoms with Crippen LogP contribution < -0.4 is 14.8 Å². The summed E-state index contributed by atoms with van der Waals surface area (Å²) in [5.74, 6) is 2.02. The summed E-state index contributed by atoms with van der Waals surface area (Å²) in [6.07, 6.45) is 1.76. The first-order chi connectivity index (χ1) is 14.6. The van der Waals surface area contributed by atoms with Crippen LogP contribution in [0.25, 0.3) is 0 Å². The Morgan fingerprint density at radius 3 is 2.53 bits per heavy atom. The summed E-state index contributed by atoms with van der Waals surface area (Å²) in [5.41, 5.74) is 0.760. The number of para-hydroxylation sites is 1. The molecule has 0 aliphatic carbocycles. The minimum Gasteiger partial charge on any atom is -0.497 e. The van der Waals surface area contributed by atoms with Crippen molar-refractivity contribution in [2.24, 2.45) is 0 Å². The van der Waals surface area contributed by atoms with Gasteiger partial charge in [0.25, 0.3) is 0 Å². The molecule has 0 spiro atoms. The van der Waals surface area contributed by atoms with Gasteiger partial charge in [0.2, 0.25) is 5.91 Å². The van der Waals surface area contributed by atoms with Gasteiger partial charge in [-0.3, -0.25) is 9.36 Å². The molecule has 0 saturated carbocycles. The van der Waals surface area contributed by atoms with Gasteiger partial charge in [0.05, 0.1) is 12.4 Å². The lowest BCUT2D eigenvalue weighted by Crippen LogP contribution is -2.23. The molecule has 0 aliphatic rings. The lowest BCUT2D eigenvalue weighted by molar-refractivity contribution is -0.115. The Morgan fingerprint density at radius 1 is 1.17 bits per heavy atom. The van der Waals surface area contributed by atoms with Gasteiger partial charge in [0.15, 0.2) is 11.0 Å². The maximum Gasteiger partial charge on any atom is 0.237 e. The fourth-order valence-electron chi connectivity index (χ4n) is 2.62. The van der Waals surface area contributed by atoms with E-state index in [0.29, 0.717) is 23.3 Å². The molecule has 0 saturated heterocycles. The Bertz CT molecular complexity index is 974. The second kappa shape index (κ2) is 10.5. The molecule has 1 heterocycles. The van der Waals surface area contributed by atoms with E-state index in [9.17, 15) is 4.79 Å². The molecule has 0 bridgehead atoms. The summed E-state index contributed by atoms with van der Waals surface area (Å²) in [4.78, 5) is 12.5. The van der Waals surface area contributed by atoms with Crippen LogP contribution in [0.4, 0.5) is 5.69 Å². The quantitative estimate of drug-likeness (QED) is 0.389. The highest BCUT2D eigenvalue weighted by Gasteiger charge is 2.20. The SMILES string of the molecule is C=CCn1c(COc2ccc(OC)cc2)nnc1S[C@H](C)C(=O)Nc1ccccc1. The van der Waals surface area contributed by atoms with E-state index >= 15 is 0 Å². The summed E-state index contributed by atoms with van der Waals surface area (Å²) in [7, 11) is 1.62. The predicted molar refractivity (Wildman–Crippen MR) is 118 cm³/mol. The molecule has 0 radical (unpaired) electrons. The molecule has 1 atom stereocenters. The zero-order valence-corrected chi connectivity index (χ0v) is 17.8. The van der Waals surface area contributed by atoms with E-state index in [1.165, 1.54) is 11.8 Å². The van der Waals surface area contributed by atoms with Gasteiger partial charge in [-0.15, -0.1) is 16.8 Å². The molecule has 3 aromatic rings. The van der Waals surface area contributed by atoms with Crippen LogP contribution in [0.1, 0.15) is 12.7 Å². The monoisotopic (exact) mass is 424 g/mol. The summed E-state index contributed by atoms with van der Waals surface area (Å²) in [6, 6.07) is 16.7. The number of anilines is 1. The molecular weight excluding hydrogens is 400 g/mol. The first-order valence-corrected chi connectivity index (χ1v) is 10.3. The van der Waals surface area contributed by atoms with E-state index in [1.807, 2.05) is 66.1 Å². The van der Waals surface area contributed by atoms with E-state index in [-0.39, 0.29) is 17.8 Å². The van der Waals surface area contributed by atoms with Crippen LogP contribution in [0.3, 0.4) is 0 Å². The number of allylic oxidation sites excluding steroid dienone is 1. The number of benzene rings is 2. The van der Waals surface area contributed by atoms with Crippen molar-refractivity contribution >= 4 is 23.4 Å². The van der Waals surface area contributed by atoms with Gasteiger partial charge in [-0.05, 0) is 43.3 Å². The second-order valence-electron chi connectivity index (χ2n) is 6.38. The molecule has 7 nitrogen and oxygen atoms in total. The third-order valence-corrected chi connectivity index (χ3v) is 5.31. The number of rotatable bonds is 10. The van der Waals surface area contributed by atoms with Gasteiger partial charge >= 0.3 is 0 Å². The number of carbonyl (C=O) groups is 1. The van der Waals surface area contributed by atoms with Crippen molar-refractivity contribution in [1.29, 1.82) is 0 Å². The van der Waals surface area contributed by atoms with E-state index < -0.39 is 0 Å². The molecule has 1 aromatic heterocycles. The molecule has 8 heteroatoms. The Labute approximate surface area is 180 Å². The predicted octanol–water partition coefficient (Wildman–Crippen LogP) is 4.17. The van der Waals surface area contributed by atoms with Crippen molar-refractivity contribution < 1.29 is 14.3 Å². The van der Waals surface area contributed by atoms with Crippen LogP contribution in [0.15, 0.2) is 72.4 Å². The minimum absolute atomic E-state index is 0.101. The highest BCUT2D eigenvalue weighted by molar-refractivity contribution is 8.00. The Morgan fingerprint density at radius 2 is 1.87 bits per heavy atom. The topological polar surface area (TPSA) is 78.3 Å². The zero-order valence-electron chi connectivity index (χ0n) is 16.9. The van der Waals surface area contributed by atoms with Crippen molar-refractivity contribution in [3.8, 4) is 11.5 Å². The summed E-state index contributed by atoms with van der Waals surface area (Å²) < 4.78 is 12.9. The van der Waals surface area contributed by atoms with Crippen molar-refractivity contribution in [2.45, 2.75) is 30.5 Å². The Kier molecular flexibility index (Phi) is 7.51. The number of hydrogen-bond acceptors (Lipinski definition) is 6. The first kappa shape index (κ1) is 21.4. The fourth-order valence-corrected chi connectivity index (χ4v) is 3.50. The summed E-state index contributed by atoms with van der Waals surface area (Å²) in [5, 5.41) is 11.7. The molecule has 1 amide bonds. The van der Waals surface area contributed by atoms with Crippen molar-refractivity contribution in [3.63, 3.8) is 0 Å². The average molecular weight is 425 g/mol. The molecule has 156 valence electrons. The van der Waals surface area contributed by atoms with Crippen molar-refractivity contribution in [1.82, 2.24) is 14.8 Å². The number of ether oxygens (including phenoxy) is 2. The lowest BCUT2D eigenvalue weighted by Gasteiger charge is -2.13. The first-order valence-electron chi connectivity index (χ1n) is 9.43. The number of nitrogens with one attached hydrogen (secondary N) is 1. The van der Waals surface area contributed by atoms with Crippen LogP contribution in [0, 0.1) is 0 Å². The van der Waals surface area contributed by atoms with Crippen LogP contribution in [-0.2, 0) is 17.9 Å². The molecule has 2 aromatic carbocycles. The van der Waals surface area contributed by atoms with Crippen LogP contribution in [0.2, 0.25) is 0 Å². The number of carbonyl (C=O) groups excluding carboxylic acids is 1. The Hall–Kier alpha value is -3.26.